The van der Waals surface area contributed by atoms with Crippen molar-refractivity contribution in [3.05, 3.63) is 91.7 Å². The van der Waals surface area contributed by atoms with Crippen LogP contribution in [-0.2, 0) is 0 Å². The molecule has 8 nitrogen and oxygen atoms in total. The quantitative estimate of drug-likeness (QED) is 0.412. The molecule has 0 aliphatic carbocycles. The summed E-state index contributed by atoms with van der Waals surface area (Å²) in [5.41, 5.74) is -0.347. The Hall–Kier alpha value is -3.81. The number of rotatable bonds is 2. The zero-order chi connectivity index (χ0) is 17.6. The molecule has 0 unspecified atom stereocenters. The first-order chi connectivity index (χ1) is 12.1. The van der Waals surface area contributed by atoms with Crippen molar-refractivity contribution in [1.29, 1.82) is 0 Å². The molecule has 0 N–H and O–H groups in total. The Bertz CT molecular complexity index is 1260. The van der Waals surface area contributed by atoms with Crippen LogP contribution >= 0.6 is 0 Å². The van der Waals surface area contributed by atoms with E-state index in [1.807, 2.05) is 18.2 Å². The van der Waals surface area contributed by atoms with Gasteiger partial charge in [-0.25, -0.2) is 18.6 Å². The Kier molecular flexibility index (Phi) is 3.17. The molecule has 0 spiro atoms. The Morgan fingerprint density at radius 2 is 1.68 bits per heavy atom. The molecule has 0 saturated heterocycles. The monoisotopic (exact) mass is 334 g/mol. The maximum absolute atomic E-state index is 12.9. The Balaban J connectivity index is 2.06. The maximum atomic E-state index is 12.9. The summed E-state index contributed by atoms with van der Waals surface area (Å²) in [5.74, 6) is 0. The number of non-ortho nitro benzene ring substituents is 1. The molecule has 4 aromatic rings. The van der Waals surface area contributed by atoms with Gasteiger partial charge in [-0.1, -0.05) is 24.3 Å². The molecule has 0 saturated carbocycles. The number of fused-ring (bicyclic) bond motifs is 3. The topological polar surface area (TPSA) is 99.5 Å². The lowest BCUT2D eigenvalue weighted by Crippen LogP contribution is -2.37. The van der Waals surface area contributed by atoms with Crippen molar-refractivity contribution < 1.29 is 4.92 Å². The second-order valence-corrected chi connectivity index (χ2v) is 5.38. The number of hydrogen-bond acceptors (Lipinski definition) is 5. The lowest BCUT2D eigenvalue weighted by Gasteiger charge is -2.04. The van der Waals surface area contributed by atoms with Crippen LogP contribution in [0.25, 0.3) is 22.2 Å². The van der Waals surface area contributed by atoms with Crippen molar-refractivity contribution in [3.8, 4) is 5.69 Å². The predicted molar refractivity (Wildman–Crippen MR) is 91.2 cm³/mol. The van der Waals surface area contributed by atoms with E-state index in [1.54, 1.807) is 18.2 Å². The van der Waals surface area contributed by atoms with Gasteiger partial charge in [-0.15, -0.1) is 0 Å². The summed E-state index contributed by atoms with van der Waals surface area (Å²) < 4.78 is 2.24. The molecule has 0 atom stereocenters. The van der Waals surface area contributed by atoms with Gasteiger partial charge in [0.1, 0.15) is 5.65 Å². The molecule has 0 amide bonds. The fourth-order valence-electron chi connectivity index (χ4n) is 2.76. The van der Waals surface area contributed by atoms with Crippen molar-refractivity contribution in [2.45, 2.75) is 0 Å². The SMILES string of the molecule is O=c1nc2cc3cccccc3n2c(=O)n1-c1ccc([N+](=O)[O-])cc1. The number of nitro benzene ring substituents is 1. The fraction of sp³-hybridized carbons (Fsp3) is 0. The van der Waals surface area contributed by atoms with E-state index < -0.39 is 16.3 Å². The van der Waals surface area contributed by atoms with Crippen LogP contribution in [-0.4, -0.2) is 18.9 Å². The van der Waals surface area contributed by atoms with Gasteiger partial charge in [-0.3, -0.25) is 10.1 Å². The zero-order valence-corrected chi connectivity index (χ0v) is 12.7. The molecular weight excluding hydrogens is 324 g/mol. The van der Waals surface area contributed by atoms with Crippen LogP contribution in [0.3, 0.4) is 0 Å². The van der Waals surface area contributed by atoms with Gasteiger partial charge in [-0.2, -0.15) is 4.98 Å². The first-order valence-corrected chi connectivity index (χ1v) is 7.35. The van der Waals surface area contributed by atoms with Gasteiger partial charge >= 0.3 is 11.4 Å². The highest BCUT2D eigenvalue weighted by Crippen LogP contribution is 2.16. The average Bonchev–Trinajstić information content (AvgIpc) is 2.77. The van der Waals surface area contributed by atoms with Crippen molar-refractivity contribution in [3.63, 3.8) is 0 Å². The molecule has 2 heterocycles. The lowest BCUT2D eigenvalue weighted by atomic mass is 10.3. The molecule has 8 heteroatoms. The van der Waals surface area contributed by atoms with Gasteiger partial charge in [-0.05, 0) is 24.3 Å². The smallest absolute Gasteiger partial charge is 0.258 e. The van der Waals surface area contributed by atoms with Crippen LogP contribution in [0.5, 0.6) is 0 Å². The highest BCUT2D eigenvalue weighted by molar-refractivity contribution is 5.85. The number of benzene rings is 1. The number of nitrogens with zero attached hydrogens (tertiary/aromatic N) is 4. The molecule has 0 bridgehead atoms. The first-order valence-electron chi connectivity index (χ1n) is 7.35. The van der Waals surface area contributed by atoms with Gasteiger partial charge in [0, 0.05) is 17.5 Å². The van der Waals surface area contributed by atoms with E-state index in [-0.39, 0.29) is 17.0 Å². The zero-order valence-electron chi connectivity index (χ0n) is 12.7. The summed E-state index contributed by atoms with van der Waals surface area (Å²) in [6, 6.07) is 15.9. The van der Waals surface area contributed by atoms with Crippen molar-refractivity contribution in [2.24, 2.45) is 0 Å². The van der Waals surface area contributed by atoms with Crippen LogP contribution < -0.4 is 11.4 Å². The molecule has 0 aliphatic heterocycles. The van der Waals surface area contributed by atoms with E-state index in [4.69, 9.17) is 0 Å². The molecule has 0 fully saturated rings. The second-order valence-electron chi connectivity index (χ2n) is 5.38. The standard InChI is InChI=1S/C17H10N4O4/c22-16-18-15-10-11-4-2-1-3-5-14(11)20(15)17(23)19(16)12-6-8-13(9-7-12)21(24)25/h1-10H. The molecule has 122 valence electrons. The van der Waals surface area contributed by atoms with Gasteiger partial charge in [0.25, 0.3) is 5.69 Å². The number of aromatic nitrogens is 3. The van der Waals surface area contributed by atoms with Gasteiger partial charge in [0.2, 0.25) is 0 Å². The second kappa shape index (κ2) is 5.38. The van der Waals surface area contributed by atoms with Gasteiger partial charge in [0.05, 0.1) is 16.1 Å². The summed E-state index contributed by atoms with van der Waals surface area (Å²) >= 11 is 0. The largest absolute Gasteiger partial charge is 0.358 e. The van der Waals surface area contributed by atoms with E-state index in [1.165, 1.54) is 28.7 Å². The summed E-state index contributed by atoms with van der Waals surface area (Å²) in [5, 5.41) is 11.5. The van der Waals surface area contributed by atoms with E-state index in [0.29, 0.717) is 5.52 Å². The van der Waals surface area contributed by atoms with Crippen LogP contribution in [0, 0.1) is 10.1 Å². The molecule has 0 aliphatic rings. The van der Waals surface area contributed by atoms with E-state index in [0.717, 1.165) is 9.95 Å². The Morgan fingerprint density at radius 3 is 2.40 bits per heavy atom. The molecular formula is C17H10N4O4. The van der Waals surface area contributed by atoms with Crippen LogP contribution in [0.2, 0.25) is 0 Å². The lowest BCUT2D eigenvalue weighted by molar-refractivity contribution is -0.384. The van der Waals surface area contributed by atoms with Crippen LogP contribution in [0.15, 0.2) is 70.3 Å². The van der Waals surface area contributed by atoms with E-state index in [2.05, 4.69) is 4.98 Å². The minimum Gasteiger partial charge on any atom is -0.258 e. The summed E-state index contributed by atoms with van der Waals surface area (Å²) in [6.45, 7) is 0. The Morgan fingerprint density at radius 1 is 0.960 bits per heavy atom. The molecule has 25 heavy (non-hydrogen) atoms. The minimum absolute atomic E-state index is 0.128. The highest BCUT2D eigenvalue weighted by atomic mass is 16.6. The molecule has 4 rings (SSSR count). The fourth-order valence-corrected chi connectivity index (χ4v) is 2.76. The summed E-state index contributed by atoms with van der Waals surface area (Å²) in [7, 11) is 0. The van der Waals surface area contributed by atoms with E-state index >= 15 is 0 Å². The van der Waals surface area contributed by atoms with Crippen molar-refractivity contribution in [1.82, 2.24) is 14.0 Å². The molecule has 2 aromatic heterocycles. The highest BCUT2D eigenvalue weighted by Gasteiger charge is 2.14. The first kappa shape index (κ1) is 14.8. The third-order valence-corrected chi connectivity index (χ3v) is 3.91. The molecule has 2 aromatic carbocycles. The minimum atomic E-state index is -0.737. The van der Waals surface area contributed by atoms with Crippen LogP contribution in [0.1, 0.15) is 0 Å². The average molecular weight is 334 g/mol. The van der Waals surface area contributed by atoms with E-state index in [9.17, 15) is 19.7 Å². The predicted octanol–water partition coefficient (Wildman–Crippen LogP) is 1.91. The van der Waals surface area contributed by atoms with Crippen molar-refractivity contribution >= 4 is 22.2 Å². The third kappa shape index (κ3) is 2.27. The van der Waals surface area contributed by atoms with Crippen molar-refractivity contribution in [2.75, 3.05) is 0 Å². The van der Waals surface area contributed by atoms with Gasteiger partial charge in [0.15, 0.2) is 0 Å². The number of nitro groups is 1. The summed E-state index contributed by atoms with van der Waals surface area (Å²) in [6.07, 6.45) is 0. The maximum Gasteiger partial charge on any atom is 0.358 e. The Labute approximate surface area is 139 Å². The summed E-state index contributed by atoms with van der Waals surface area (Å²) in [4.78, 5) is 39.4. The number of hydrogen-bond donors (Lipinski definition) is 0. The molecule has 0 radical (unpaired) electrons. The van der Waals surface area contributed by atoms with Crippen LogP contribution in [0.4, 0.5) is 5.69 Å². The van der Waals surface area contributed by atoms with Gasteiger partial charge < -0.3 is 0 Å². The third-order valence-electron chi connectivity index (χ3n) is 3.91. The normalized spacial score (nSPS) is 11.0.